The number of nitrogens with two attached hydrogens (primary N) is 1. The van der Waals surface area contributed by atoms with Gasteiger partial charge in [-0.1, -0.05) is 36.2 Å². The number of nitrogens with one attached hydrogen (secondary N) is 1. The zero-order valence-electron chi connectivity index (χ0n) is 19.9. The Hall–Kier alpha value is -2.24. The number of amides is 1. The second-order valence-electron chi connectivity index (χ2n) is 9.19. The Bertz CT molecular complexity index is 887. The smallest absolute Gasteiger partial charge is 0.255 e. The van der Waals surface area contributed by atoms with Gasteiger partial charge in [0.2, 0.25) is 0 Å². The van der Waals surface area contributed by atoms with Crippen LogP contribution in [-0.2, 0) is 6.42 Å². The Morgan fingerprint density at radius 1 is 1.16 bits per heavy atom. The molecule has 0 saturated heterocycles. The Labute approximate surface area is 198 Å². The number of carbonyl (C=O) groups is 1. The molecule has 0 aliphatic heterocycles. The van der Waals surface area contributed by atoms with Gasteiger partial charge in [0, 0.05) is 12.5 Å². The number of nitrogens with zero attached hydrogens (tertiary/aromatic N) is 1. The summed E-state index contributed by atoms with van der Waals surface area (Å²) in [4.78, 5) is 12.8. The van der Waals surface area contributed by atoms with Crippen molar-refractivity contribution in [3.05, 3.63) is 58.6 Å². The first-order chi connectivity index (χ1) is 15.2. The number of carbonyl (C=O) groups excluding carboxylic acids is 1. The molecule has 0 fully saturated rings. The van der Waals surface area contributed by atoms with Crippen molar-refractivity contribution in [2.24, 2.45) is 0 Å². The van der Waals surface area contributed by atoms with Gasteiger partial charge in [0.25, 0.3) is 5.91 Å². The number of halogens is 1. The lowest BCUT2D eigenvalue weighted by Crippen LogP contribution is -2.51. The van der Waals surface area contributed by atoms with Crippen LogP contribution in [0.15, 0.2) is 42.5 Å². The number of nitrogen functional groups attached to an aromatic ring is 1. The summed E-state index contributed by atoms with van der Waals surface area (Å²) in [6.45, 7) is 8.75. The summed E-state index contributed by atoms with van der Waals surface area (Å²) in [6.07, 6.45) is 4.72. The van der Waals surface area contributed by atoms with Crippen LogP contribution in [0.1, 0.15) is 62.4 Å². The van der Waals surface area contributed by atoms with E-state index in [-0.39, 0.29) is 17.7 Å². The molecular formula is C26H39ClN3O2+. The van der Waals surface area contributed by atoms with Crippen LogP contribution in [0.4, 0.5) is 5.69 Å². The normalized spacial score (nSPS) is 14.2. The van der Waals surface area contributed by atoms with E-state index in [1.807, 2.05) is 18.2 Å². The minimum atomic E-state index is -0.214. The van der Waals surface area contributed by atoms with Crippen LogP contribution >= 0.6 is 11.6 Å². The molecular weight excluding hydrogens is 422 g/mol. The molecule has 0 bridgehead atoms. The number of hydrogen-bond acceptors (Lipinski definition) is 3. The quantitative estimate of drug-likeness (QED) is 0.225. The number of benzene rings is 2. The van der Waals surface area contributed by atoms with Crippen molar-refractivity contribution >= 4 is 23.2 Å². The van der Waals surface area contributed by atoms with Crippen molar-refractivity contribution < 1.29 is 14.4 Å². The maximum absolute atomic E-state index is 12.8. The Morgan fingerprint density at radius 2 is 1.88 bits per heavy atom. The second-order valence-corrected chi connectivity index (χ2v) is 9.60. The standard InChI is InChI=1S/C26H38ClN3O2/c1-5-30(4,19(2)3)17-16-21(29-26(32)22-12-8-9-13-25(22)31)11-7-6-10-20-14-15-24(28)23(27)18-20/h8-9,12-15,18-19,21H,5-7,10-11,16-17,28H2,1-4H3,(H-,29,31,32)/p+1. The van der Waals surface area contributed by atoms with Crippen molar-refractivity contribution in [2.75, 3.05) is 25.9 Å². The largest absolute Gasteiger partial charge is 0.507 e. The summed E-state index contributed by atoms with van der Waals surface area (Å²) in [6, 6.07) is 13.1. The molecule has 32 heavy (non-hydrogen) atoms. The first-order valence-corrected chi connectivity index (χ1v) is 12.0. The molecule has 0 aromatic heterocycles. The van der Waals surface area contributed by atoms with Gasteiger partial charge >= 0.3 is 0 Å². The van der Waals surface area contributed by atoms with E-state index in [0.717, 1.165) is 49.7 Å². The topological polar surface area (TPSA) is 75.3 Å². The molecule has 1 amide bonds. The van der Waals surface area contributed by atoms with Gasteiger partial charge in [0.05, 0.1) is 42.5 Å². The van der Waals surface area contributed by atoms with Gasteiger partial charge < -0.3 is 20.6 Å². The first-order valence-electron chi connectivity index (χ1n) is 11.6. The molecule has 0 heterocycles. The molecule has 0 aliphatic rings. The molecule has 2 atom stereocenters. The average Bonchev–Trinajstić information content (AvgIpc) is 2.76. The number of aryl methyl sites for hydroxylation is 1. The number of unbranched alkanes of at least 4 members (excludes halogenated alkanes) is 1. The van der Waals surface area contributed by atoms with E-state index in [1.165, 1.54) is 5.56 Å². The number of quaternary nitrogens is 1. The van der Waals surface area contributed by atoms with E-state index in [4.69, 9.17) is 17.3 Å². The van der Waals surface area contributed by atoms with Crippen molar-refractivity contribution in [3.63, 3.8) is 0 Å². The maximum Gasteiger partial charge on any atom is 0.255 e. The van der Waals surface area contributed by atoms with Gasteiger partial charge in [-0.2, -0.15) is 0 Å². The summed E-state index contributed by atoms with van der Waals surface area (Å²) < 4.78 is 0.965. The van der Waals surface area contributed by atoms with Crippen molar-refractivity contribution in [3.8, 4) is 5.75 Å². The molecule has 2 aromatic rings. The number of phenols is 1. The van der Waals surface area contributed by atoms with Crippen LogP contribution in [-0.4, -0.2) is 47.7 Å². The van der Waals surface area contributed by atoms with Gasteiger partial charge in [-0.15, -0.1) is 0 Å². The molecule has 2 rings (SSSR count). The fraction of sp³-hybridized carbons (Fsp3) is 0.500. The van der Waals surface area contributed by atoms with Crippen molar-refractivity contribution in [1.29, 1.82) is 0 Å². The maximum atomic E-state index is 12.8. The SMILES string of the molecule is CC[N+](C)(CCC(CCCCc1ccc(N)c(Cl)c1)NC(=O)c1ccccc1O)C(C)C. The van der Waals surface area contributed by atoms with Crippen LogP contribution in [0, 0.1) is 0 Å². The number of anilines is 1. The first kappa shape index (κ1) is 26.0. The monoisotopic (exact) mass is 460 g/mol. The van der Waals surface area contributed by atoms with Gasteiger partial charge in [-0.3, -0.25) is 4.79 Å². The third kappa shape index (κ3) is 7.42. The highest BCUT2D eigenvalue weighted by atomic mass is 35.5. The molecule has 176 valence electrons. The molecule has 0 saturated carbocycles. The van der Waals surface area contributed by atoms with E-state index < -0.39 is 0 Å². The van der Waals surface area contributed by atoms with Crippen LogP contribution < -0.4 is 11.1 Å². The fourth-order valence-corrected chi connectivity index (χ4v) is 4.10. The highest BCUT2D eigenvalue weighted by Crippen LogP contribution is 2.22. The Morgan fingerprint density at radius 3 is 2.50 bits per heavy atom. The van der Waals surface area contributed by atoms with Crippen molar-refractivity contribution in [1.82, 2.24) is 5.32 Å². The Kier molecular flexibility index (Phi) is 9.85. The number of rotatable bonds is 12. The van der Waals surface area contributed by atoms with Gasteiger partial charge in [0.1, 0.15) is 5.75 Å². The summed E-state index contributed by atoms with van der Waals surface area (Å²) in [5.41, 5.74) is 7.90. The predicted molar refractivity (Wildman–Crippen MR) is 134 cm³/mol. The minimum absolute atomic E-state index is 0.0142. The third-order valence-electron chi connectivity index (χ3n) is 6.77. The van der Waals surface area contributed by atoms with E-state index in [9.17, 15) is 9.90 Å². The summed E-state index contributed by atoms with van der Waals surface area (Å²) in [5, 5.41) is 13.8. The second kappa shape index (κ2) is 12.1. The molecule has 2 aromatic carbocycles. The summed E-state index contributed by atoms with van der Waals surface area (Å²) in [7, 11) is 2.28. The molecule has 2 unspecified atom stereocenters. The Balaban J connectivity index is 1.99. The van der Waals surface area contributed by atoms with Gasteiger partial charge in [0.15, 0.2) is 0 Å². The zero-order valence-corrected chi connectivity index (χ0v) is 20.7. The predicted octanol–water partition coefficient (Wildman–Crippen LogP) is 5.40. The fourth-order valence-electron chi connectivity index (χ4n) is 3.90. The summed E-state index contributed by atoms with van der Waals surface area (Å²) >= 11 is 6.13. The highest BCUT2D eigenvalue weighted by Gasteiger charge is 2.26. The minimum Gasteiger partial charge on any atom is -0.507 e. The van der Waals surface area contributed by atoms with E-state index in [0.29, 0.717) is 22.3 Å². The molecule has 0 aliphatic carbocycles. The average molecular weight is 461 g/mol. The molecule has 5 nitrogen and oxygen atoms in total. The lowest BCUT2D eigenvalue weighted by atomic mass is 10.0. The number of aromatic hydroxyl groups is 1. The van der Waals surface area contributed by atoms with Crippen LogP contribution in [0.2, 0.25) is 5.02 Å². The molecule has 0 spiro atoms. The molecule has 0 radical (unpaired) electrons. The van der Waals surface area contributed by atoms with Crippen LogP contribution in [0.3, 0.4) is 0 Å². The third-order valence-corrected chi connectivity index (χ3v) is 7.10. The highest BCUT2D eigenvalue weighted by molar-refractivity contribution is 6.33. The van der Waals surface area contributed by atoms with Gasteiger partial charge in [-0.05, 0) is 69.9 Å². The van der Waals surface area contributed by atoms with E-state index in [1.54, 1.807) is 24.3 Å². The van der Waals surface area contributed by atoms with E-state index in [2.05, 4.69) is 33.1 Å². The number of hydrogen-bond donors (Lipinski definition) is 3. The van der Waals surface area contributed by atoms with Crippen molar-refractivity contribution in [2.45, 2.75) is 65.0 Å². The lowest BCUT2D eigenvalue weighted by molar-refractivity contribution is -0.928. The zero-order chi connectivity index (χ0) is 23.7. The van der Waals surface area contributed by atoms with Crippen LogP contribution in [0.5, 0.6) is 5.75 Å². The summed E-state index contributed by atoms with van der Waals surface area (Å²) in [5.74, 6) is -0.200. The number of para-hydroxylation sites is 1. The van der Waals surface area contributed by atoms with E-state index >= 15 is 0 Å². The van der Waals surface area contributed by atoms with Crippen LogP contribution in [0.25, 0.3) is 0 Å². The molecule has 4 N–H and O–H groups in total. The van der Waals surface area contributed by atoms with Gasteiger partial charge in [-0.25, -0.2) is 0 Å². The number of phenolic OH excluding ortho intramolecular Hbond substituents is 1. The molecule has 6 heteroatoms. The lowest BCUT2D eigenvalue weighted by Gasteiger charge is -2.38.